The third-order valence-electron chi connectivity index (χ3n) is 4.99. The maximum Gasteiger partial charge on any atom is 0.255 e. The highest BCUT2D eigenvalue weighted by atomic mass is 16.5. The molecule has 1 N–H and O–H groups in total. The van der Waals surface area contributed by atoms with E-state index < -0.39 is 0 Å². The highest BCUT2D eigenvalue weighted by Gasteiger charge is 2.21. The Hall–Kier alpha value is -4.13. The minimum Gasteiger partial charge on any atom is -0.493 e. The van der Waals surface area contributed by atoms with Crippen LogP contribution in [-0.2, 0) is 0 Å². The van der Waals surface area contributed by atoms with Gasteiger partial charge in [-0.3, -0.25) is 14.6 Å². The van der Waals surface area contributed by atoms with Gasteiger partial charge in [-0.2, -0.15) is 0 Å². The van der Waals surface area contributed by atoms with Crippen LogP contribution in [0.1, 0.15) is 32.0 Å². The molecule has 0 atom stereocenters. The van der Waals surface area contributed by atoms with E-state index in [0.29, 0.717) is 39.5 Å². The van der Waals surface area contributed by atoms with Crippen molar-refractivity contribution < 1.29 is 23.5 Å². The number of nitrogens with zero attached hydrogens (tertiary/aromatic N) is 1. The molecular formula is C24H20N2O5. The molecule has 0 unspecified atom stereocenters. The molecule has 0 radical (unpaired) electrons. The molecule has 31 heavy (non-hydrogen) atoms. The fraction of sp³-hybridized carbons (Fsp3) is 0.125. The Bertz CT molecular complexity index is 1280. The SMILES string of the molecule is COc1ccc(C(=O)c2oc3ccc(NC(=O)c4ccncc4)cc3c2C)cc1OC. The Kier molecular flexibility index (Phi) is 5.41. The second-order valence-corrected chi connectivity index (χ2v) is 6.86. The van der Waals surface area contributed by atoms with Gasteiger partial charge in [0.2, 0.25) is 5.78 Å². The highest BCUT2D eigenvalue weighted by molar-refractivity contribution is 6.11. The molecule has 7 nitrogen and oxygen atoms in total. The zero-order valence-electron chi connectivity index (χ0n) is 17.3. The molecule has 2 heterocycles. The molecule has 0 saturated heterocycles. The first-order chi connectivity index (χ1) is 15.0. The normalized spacial score (nSPS) is 10.7. The molecule has 1 amide bonds. The number of ether oxygens (including phenoxy) is 2. The summed E-state index contributed by atoms with van der Waals surface area (Å²) >= 11 is 0. The molecule has 7 heteroatoms. The van der Waals surface area contributed by atoms with Gasteiger partial charge in [-0.05, 0) is 55.5 Å². The van der Waals surface area contributed by atoms with Crippen LogP contribution in [0.15, 0.2) is 65.3 Å². The molecule has 0 saturated carbocycles. The van der Waals surface area contributed by atoms with Gasteiger partial charge in [-0.25, -0.2) is 0 Å². The first-order valence-electron chi connectivity index (χ1n) is 9.53. The van der Waals surface area contributed by atoms with E-state index in [0.717, 1.165) is 5.39 Å². The van der Waals surface area contributed by atoms with E-state index in [1.54, 1.807) is 60.9 Å². The topological polar surface area (TPSA) is 90.7 Å². The van der Waals surface area contributed by atoms with Crippen molar-refractivity contribution in [3.05, 3.63) is 83.4 Å². The van der Waals surface area contributed by atoms with Crippen molar-refractivity contribution in [3.8, 4) is 11.5 Å². The Morgan fingerprint density at radius 2 is 1.65 bits per heavy atom. The summed E-state index contributed by atoms with van der Waals surface area (Å²) in [7, 11) is 3.05. The second-order valence-electron chi connectivity index (χ2n) is 6.86. The molecule has 0 aliphatic heterocycles. The van der Waals surface area contributed by atoms with Gasteiger partial charge in [-0.1, -0.05) is 0 Å². The summed E-state index contributed by atoms with van der Waals surface area (Å²) in [4.78, 5) is 29.4. The molecule has 0 spiro atoms. The molecule has 2 aromatic carbocycles. The van der Waals surface area contributed by atoms with Crippen LogP contribution >= 0.6 is 0 Å². The predicted molar refractivity (Wildman–Crippen MR) is 116 cm³/mol. The van der Waals surface area contributed by atoms with Crippen LogP contribution in [0, 0.1) is 6.92 Å². The van der Waals surface area contributed by atoms with Gasteiger partial charge in [0.15, 0.2) is 17.3 Å². The molecule has 4 aromatic rings. The van der Waals surface area contributed by atoms with Crippen molar-refractivity contribution in [2.24, 2.45) is 0 Å². The van der Waals surface area contributed by atoms with Crippen molar-refractivity contribution in [2.75, 3.05) is 19.5 Å². The Labute approximate surface area is 178 Å². The lowest BCUT2D eigenvalue weighted by molar-refractivity contribution is 0.101. The summed E-state index contributed by atoms with van der Waals surface area (Å²) in [6, 6.07) is 13.5. The number of aryl methyl sites for hydroxylation is 1. The number of pyridine rings is 1. The summed E-state index contributed by atoms with van der Waals surface area (Å²) in [5.74, 6) is 0.722. The maximum atomic E-state index is 13.1. The summed E-state index contributed by atoms with van der Waals surface area (Å²) in [5, 5.41) is 3.60. The lowest BCUT2D eigenvalue weighted by Gasteiger charge is -2.08. The average Bonchev–Trinajstić information content (AvgIpc) is 3.14. The Balaban J connectivity index is 1.65. The van der Waals surface area contributed by atoms with Crippen LogP contribution in [0.25, 0.3) is 11.0 Å². The van der Waals surface area contributed by atoms with Gasteiger partial charge < -0.3 is 19.2 Å². The highest BCUT2D eigenvalue weighted by Crippen LogP contribution is 2.32. The molecule has 0 bridgehead atoms. The summed E-state index contributed by atoms with van der Waals surface area (Å²) in [5.41, 5.74) is 2.77. The molecule has 0 aliphatic carbocycles. The van der Waals surface area contributed by atoms with Gasteiger partial charge >= 0.3 is 0 Å². The van der Waals surface area contributed by atoms with E-state index in [-0.39, 0.29) is 17.5 Å². The van der Waals surface area contributed by atoms with Crippen LogP contribution in [-0.4, -0.2) is 30.9 Å². The number of aromatic nitrogens is 1. The molecule has 156 valence electrons. The first kappa shape index (κ1) is 20.2. The smallest absolute Gasteiger partial charge is 0.255 e. The molecule has 0 aliphatic rings. The number of benzene rings is 2. The van der Waals surface area contributed by atoms with Crippen molar-refractivity contribution in [2.45, 2.75) is 6.92 Å². The van der Waals surface area contributed by atoms with Crippen molar-refractivity contribution in [1.82, 2.24) is 4.98 Å². The second kappa shape index (κ2) is 8.31. The van der Waals surface area contributed by atoms with Crippen molar-refractivity contribution >= 4 is 28.3 Å². The molecule has 0 fully saturated rings. The number of rotatable bonds is 6. The number of carbonyl (C=O) groups excluding carboxylic acids is 2. The number of anilines is 1. The van der Waals surface area contributed by atoms with Crippen molar-refractivity contribution in [1.29, 1.82) is 0 Å². The van der Waals surface area contributed by atoms with Crippen LogP contribution in [0.5, 0.6) is 11.5 Å². The van der Waals surface area contributed by atoms with Gasteiger partial charge in [0, 0.05) is 40.2 Å². The standard InChI is InChI=1S/C24H20N2O5/c1-14-18-13-17(26-24(28)15-8-10-25-11-9-15)5-7-19(18)31-23(14)22(27)16-4-6-20(29-2)21(12-16)30-3/h4-13H,1-3H3,(H,26,28). The summed E-state index contributed by atoms with van der Waals surface area (Å²) in [6.45, 7) is 1.81. The largest absolute Gasteiger partial charge is 0.493 e. The minimum absolute atomic E-state index is 0.236. The van der Waals surface area contributed by atoms with E-state index in [1.807, 2.05) is 6.92 Å². The average molecular weight is 416 g/mol. The minimum atomic E-state index is -0.267. The maximum absolute atomic E-state index is 13.1. The van der Waals surface area contributed by atoms with Crippen LogP contribution in [0.4, 0.5) is 5.69 Å². The monoisotopic (exact) mass is 416 g/mol. The lowest BCUT2D eigenvalue weighted by atomic mass is 10.0. The Morgan fingerprint density at radius 3 is 2.35 bits per heavy atom. The van der Waals surface area contributed by atoms with Gasteiger partial charge in [0.1, 0.15) is 5.58 Å². The number of hydrogen-bond donors (Lipinski definition) is 1. The predicted octanol–water partition coefficient (Wildman–Crippen LogP) is 4.64. The zero-order valence-corrected chi connectivity index (χ0v) is 17.3. The number of fused-ring (bicyclic) bond motifs is 1. The van der Waals surface area contributed by atoms with Crippen LogP contribution in [0.2, 0.25) is 0 Å². The fourth-order valence-electron chi connectivity index (χ4n) is 3.33. The molecule has 2 aromatic heterocycles. The number of hydrogen-bond acceptors (Lipinski definition) is 6. The number of ketones is 1. The first-order valence-corrected chi connectivity index (χ1v) is 9.53. The van der Waals surface area contributed by atoms with Gasteiger partial charge in [0.05, 0.1) is 14.2 Å². The fourth-order valence-corrected chi connectivity index (χ4v) is 3.33. The zero-order chi connectivity index (χ0) is 22.0. The van der Waals surface area contributed by atoms with E-state index in [2.05, 4.69) is 10.3 Å². The van der Waals surface area contributed by atoms with Gasteiger partial charge in [-0.15, -0.1) is 0 Å². The molecular weight excluding hydrogens is 396 g/mol. The van der Waals surface area contributed by atoms with E-state index in [4.69, 9.17) is 13.9 Å². The molecule has 4 rings (SSSR count). The summed E-state index contributed by atoms with van der Waals surface area (Å²) < 4.78 is 16.4. The van der Waals surface area contributed by atoms with Crippen LogP contribution < -0.4 is 14.8 Å². The van der Waals surface area contributed by atoms with E-state index >= 15 is 0 Å². The van der Waals surface area contributed by atoms with Crippen LogP contribution in [0.3, 0.4) is 0 Å². The lowest BCUT2D eigenvalue weighted by Crippen LogP contribution is -2.11. The number of amides is 1. The number of methoxy groups -OCH3 is 2. The number of carbonyl (C=O) groups is 2. The Morgan fingerprint density at radius 1 is 0.903 bits per heavy atom. The third kappa shape index (κ3) is 3.85. The quantitative estimate of drug-likeness (QED) is 0.461. The van der Waals surface area contributed by atoms with Gasteiger partial charge in [0.25, 0.3) is 5.91 Å². The number of furan rings is 1. The van der Waals surface area contributed by atoms with Crippen molar-refractivity contribution in [3.63, 3.8) is 0 Å². The third-order valence-corrected chi connectivity index (χ3v) is 4.99. The summed E-state index contributed by atoms with van der Waals surface area (Å²) in [6.07, 6.45) is 3.12. The van der Waals surface area contributed by atoms with E-state index in [1.165, 1.54) is 14.2 Å². The van der Waals surface area contributed by atoms with E-state index in [9.17, 15) is 9.59 Å². The number of nitrogens with one attached hydrogen (secondary N) is 1.